The quantitative estimate of drug-likeness (QED) is 0.656. The van der Waals surface area contributed by atoms with E-state index in [9.17, 15) is 9.59 Å². The molecule has 2 atom stereocenters. The first-order valence-electron chi connectivity index (χ1n) is 4.88. The Morgan fingerprint density at radius 2 is 1.50 bits per heavy atom. The normalized spacial score (nSPS) is 15.9. The maximum Gasteiger partial charge on any atom is 0.309 e. The Bertz CT molecular complexity index is 225. The molecular formula is C11H20O3. The third-order valence-electron chi connectivity index (χ3n) is 2.17. The van der Waals surface area contributed by atoms with Gasteiger partial charge in [0.25, 0.3) is 0 Å². The van der Waals surface area contributed by atoms with Crippen molar-refractivity contribution in [1.29, 1.82) is 0 Å². The molecule has 82 valence electrons. The highest BCUT2D eigenvalue weighted by Crippen LogP contribution is 2.17. The minimum Gasteiger partial charge on any atom is -0.460 e. The minimum absolute atomic E-state index is 0.0170. The second-order valence-corrected chi connectivity index (χ2v) is 4.72. The Kier molecular flexibility index (Phi) is 4.30. The third kappa shape index (κ3) is 4.40. The molecule has 0 aliphatic carbocycles. The van der Waals surface area contributed by atoms with E-state index in [1.165, 1.54) is 6.92 Å². The van der Waals surface area contributed by atoms with Gasteiger partial charge in [-0.2, -0.15) is 0 Å². The molecule has 2 unspecified atom stereocenters. The van der Waals surface area contributed by atoms with Crippen molar-refractivity contribution in [3.8, 4) is 0 Å². The number of ketones is 1. The zero-order valence-corrected chi connectivity index (χ0v) is 9.88. The molecule has 0 saturated carbocycles. The van der Waals surface area contributed by atoms with Crippen LogP contribution >= 0.6 is 0 Å². The molecular weight excluding hydrogens is 180 g/mol. The van der Waals surface area contributed by atoms with Crippen LogP contribution in [0.3, 0.4) is 0 Å². The van der Waals surface area contributed by atoms with Crippen molar-refractivity contribution in [3.05, 3.63) is 0 Å². The predicted octanol–water partition coefficient (Wildman–Crippen LogP) is 2.19. The predicted molar refractivity (Wildman–Crippen MR) is 54.9 cm³/mol. The number of carbonyl (C=O) groups excluding carboxylic acids is 2. The first kappa shape index (κ1) is 13.1. The Morgan fingerprint density at radius 1 is 1.07 bits per heavy atom. The molecule has 0 saturated heterocycles. The molecule has 0 heterocycles. The lowest BCUT2D eigenvalue weighted by Crippen LogP contribution is -2.32. The standard InChI is InChI=1S/C11H20O3/c1-7(9(3)12)8(2)10(13)14-11(4,5)6/h7-8H,1-6H3. The smallest absolute Gasteiger partial charge is 0.309 e. The van der Waals surface area contributed by atoms with Crippen LogP contribution in [0.4, 0.5) is 0 Å². The summed E-state index contributed by atoms with van der Waals surface area (Å²) in [6.07, 6.45) is 0. The maximum absolute atomic E-state index is 11.5. The maximum atomic E-state index is 11.5. The van der Waals surface area contributed by atoms with Gasteiger partial charge in [0.1, 0.15) is 11.4 Å². The zero-order valence-electron chi connectivity index (χ0n) is 9.88. The van der Waals surface area contributed by atoms with Gasteiger partial charge in [-0.25, -0.2) is 0 Å². The second kappa shape index (κ2) is 4.58. The van der Waals surface area contributed by atoms with E-state index in [0.717, 1.165) is 0 Å². The molecule has 14 heavy (non-hydrogen) atoms. The molecule has 0 amide bonds. The molecule has 0 aliphatic rings. The summed E-state index contributed by atoms with van der Waals surface area (Å²) in [5.74, 6) is -0.930. The number of hydrogen-bond donors (Lipinski definition) is 0. The molecule has 0 rings (SSSR count). The first-order chi connectivity index (χ1) is 6.15. The van der Waals surface area contributed by atoms with Gasteiger partial charge in [0.15, 0.2) is 0 Å². The van der Waals surface area contributed by atoms with Crippen molar-refractivity contribution in [3.63, 3.8) is 0 Å². The van der Waals surface area contributed by atoms with E-state index in [2.05, 4.69) is 0 Å². The lowest BCUT2D eigenvalue weighted by molar-refractivity contribution is -0.162. The van der Waals surface area contributed by atoms with E-state index in [-0.39, 0.29) is 23.6 Å². The molecule has 0 aromatic rings. The summed E-state index contributed by atoms with van der Waals surface area (Å²) in [7, 11) is 0. The largest absolute Gasteiger partial charge is 0.460 e. The summed E-state index contributed by atoms with van der Waals surface area (Å²) in [5.41, 5.74) is -0.484. The van der Waals surface area contributed by atoms with Crippen LogP contribution in [0.2, 0.25) is 0 Å². The lowest BCUT2D eigenvalue weighted by atomic mass is 9.92. The Balaban J connectivity index is 4.33. The lowest BCUT2D eigenvalue weighted by Gasteiger charge is -2.24. The van der Waals surface area contributed by atoms with Crippen LogP contribution in [-0.4, -0.2) is 17.4 Å². The Labute approximate surface area is 85.8 Å². The van der Waals surface area contributed by atoms with E-state index in [4.69, 9.17) is 4.74 Å². The highest BCUT2D eigenvalue weighted by Gasteiger charge is 2.27. The van der Waals surface area contributed by atoms with Crippen molar-refractivity contribution >= 4 is 11.8 Å². The summed E-state index contributed by atoms with van der Waals surface area (Å²) >= 11 is 0. The van der Waals surface area contributed by atoms with E-state index < -0.39 is 5.60 Å². The van der Waals surface area contributed by atoms with Crippen LogP contribution in [0.5, 0.6) is 0 Å². The molecule has 0 N–H and O–H groups in total. The fourth-order valence-corrected chi connectivity index (χ4v) is 0.951. The molecule has 0 bridgehead atoms. The zero-order chi connectivity index (χ0) is 11.5. The van der Waals surface area contributed by atoms with Crippen LogP contribution in [0, 0.1) is 11.8 Å². The number of carbonyl (C=O) groups is 2. The van der Waals surface area contributed by atoms with Crippen molar-refractivity contribution < 1.29 is 14.3 Å². The SMILES string of the molecule is CC(=O)C(C)C(C)C(=O)OC(C)(C)C. The summed E-state index contributed by atoms with van der Waals surface area (Å²) in [5, 5.41) is 0. The summed E-state index contributed by atoms with van der Waals surface area (Å²) in [6, 6.07) is 0. The van der Waals surface area contributed by atoms with Gasteiger partial charge in [-0.1, -0.05) is 13.8 Å². The molecule has 0 fully saturated rings. The highest BCUT2D eigenvalue weighted by atomic mass is 16.6. The van der Waals surface area contributed by atoms with E-state index in [1.54, 1.807) is 13.8 Å². The van der Waals surface area contributed by atoms with Crippen LogP contribution < -0.4 is 0 Å². The van der Waals surface area contributed by atoms with Gasteiger partial charge in [0.05, 0.1) is 5.92 Å². The van der Waals surface area contributed by atoms with Crippen molar-refractivity contribution in [1.82, 2.24) is 0 Å². The number of esters is 1. The van der Waals surface area contributed by atoms with Crippen molar-refractivity contribution in [2.45, 2.75) is 47.1 Å². The van der Waals surface area contributed by atoms with E-state index in [1.807, 2.05) is 20.8 Å². The van der Waals surface area contributed by atoms with Crippen molar-refractivity contribution in [2.24, 2.45) is 11.8 Å². The van der Waals surface area contributed by atoms with Gasteiger partial charge in [-0.05, 0) is 27.7 Å². The fourth-order valence-electron chi connectivity index (χ4n) is 0.951. The molecule has 0 radical (unpaired) electrons. The van der Waals surface area contributed by atoms with Gasteiger partial charge in [-0.15, -0.1) is 0 Å². The fraction of sp³-hybridized carbons (Fsp3) is 0.818. The topological polar surface area (TPSA) is 43.4 Å². The average molecular weight is 200 g/mol. The minimum atomic E-state index is -0.484. The summed E-state index contributed by atoms with van der Waals surface area (Å²) < 4.78 is 5.18. The third-order valence-corrected chi connectivity index (χ3v) is 2.17. The average Bonchev–Trinajstić information content (AvgIpc) is 1.98. The number of Topliss-reactive ketones (excluding diaryl/α,β-unsaturated/α-hetero) is 1. The first-order valence-corrected chi connectivity index (χ1v) is 4.88. The molecule has 0 spiro atoms. The molecule has 3 nitrogen and oxygen atoms in total. The molecule has 3 heteroatoms. The molecule has 0 aromatic heterocycles. The number of ether oxygens (including phenoxy) is 1. The van der Waals surface area contributed by atoms with Gasteiger partial charge >= 0.3 is 5.97 Å². The summed E-state index contributed by atoms with van der Waals surface area (Å²) in [6.45, 7) is 10.4. The van der Waals surface area contributed by atoms with E-state index >= 15 is 0 Å². The number of hydrogen-bond acceptors (Lipinski definition) is 3. The van der Waals surface area contributed by atoms with Gasteiger partial charge in [-0.3, -0.25) is 9.59 Å². The summed E-state index contributed by atoms with van der Waals surface area (Å²) in [4.78, 5) is 22.6. The monoisotopic (exact) mass is 200 g/mol. The second-order valence-electron chi connectivity index (χ2n) is 4.72. The van der Waals surface area contributed by atoms with Crippen molar-refractivity contribution in [2.75, 3.05) is 0 Å². The van der Waals surface area contributed by atoms with E-state index in [0.29, 0.717) is 0 Å². The van der Waals surface area contributed by atoms with Crippen LogP contribution in [0.1, 0.15) is 41.5 Å². The molecule has 0 aliphatic heterocycles. The highest BCUT2D eigenvalue weighted by molar-refractivity contribution is 5.84. The van der Waals surface area contributed by atoms with Crippen LogP contribution in [-0.2, 0) is 14.3 Å². The molecule has 0 aromatic carbocycles. The van der Waals surface area contributed by atoms with Crippen LogP contribution in [0.25, 0.3) is 0 Å². The van der Waals surface area contributed by atoms with Crippen LogP contribution in [0.15, 0.2) is 0 Å². The Hall–Kier alpha value is -0.860. The Morgan fingerprint density at radius 3 is 1.79 bits per heavy atom. The van der Waals surface area contributed by atoms with Gasteiger partial charge < -0.3 is 4.74 Å². The van der Waals surface area contributed by atoms with Gasteiger partial charge in [0, 0.05) is 5.92 Å². The van der Waals surface area contributed by atoms with Gasteiger partial charge in [0.2, 0.25) is 0 Å². The number of rotatable bonds is 3.